The van der Waals surface area contributed by atoms with Gasteiger partial charge in [0, 0.05) is 0 Å². The van der Waals surface area contributed by atoms with E-state index in [1.54, 1.807) is 30.3 Å². The highest BCUT2D eigenvalue weighted by Crippen LogP contribution is 2.24. The maximum atomic E-state index is 12.9. The average Bonchev–Trinajstić information content (AvgIpc) is 2.68. The van der Waals surface area contributed by atoms with Crippen molar-refractivity contribution < 1.29 is 17.9 Å². The first-order valence-corrected chi connectivity index (χ1v) is 8.79. The summed E-state index contributed by atoms with van der Waals surface area (Å²) >= 11 is 0. The van der Waals surface area contributed by atoms with E-state index in [1.165, 1.54) is 4.31 Å². The van der Waals surface area contributed by atoms with Gasteiger partial charge in [-0.05, 0) is 38.8 Å². The molecular weight excluding hydrogens is 302 g/mol. The van der Waals surface area contributed by atoms with Crippen LogP contribution in [-0.2, 0) is 19.5 Å². The van der Waals surface area contributed by atoms with Gasteiger partial charge in [0.05, 0.1) is 17.0 Å². The Bertz CT molecular complexity index is 597. The Morgan fingerprint density at radius 1 is 1.36 bits per heavy atom. The third-order valence-electron chi connectivity index (χ3n) is 3.86. The van der Waals surface area contributed by atoms with Crippen molar-refractivity contribution in [2.75, 3.05) is 13.5 Å². The second-order valence-corrected chi connectivity index (χ2v) is 7.36. The van der Waals surface area contributed by atoms with Crippen LogP contribution < -0.4 is 0 Å². The third-order valence-corrected chi connectivity index (χ3v) is 5.78. The fourth-order valence-electron chi connectivity index (χ4n) is 2.45. The van der Waals surface area contributed by atoms with Gasteiger partial charge in [0.15, 0.2) is 0 Å². The lowest BCUT2D eigenvalue weighted by Gasteiger charge is -2.29. The Kier molecular flexibility index (Phi) is 5.74. The molecule has 2 rings (SSSR count). The van der Waals surface area contributed by atoms with Gasteiger partial charge in [-0.25, -0.2) is 8.42 Å². The highest BCUT2D eigenvalue weighted by molar-refractivity contribution is 7.89. The summed E-state index contributed by atoms with van der Waals surface area (Å²) in [5.74, 6) is 0. The predicted molar refractivity (Wildman–Crippen MR) is 84.8 cm³/mol. The normalized spacial score (nSPS) is 23.9. The van der Waals surface area contributed by atoms with Crippen molar-refractivity contribution in [1.82, 2.24) is 4.31 Å². The van der Waals surface area contributed by atoms with E-state index in [9.17, 15) is 8.42 Å². The Balaban J connectivity index is 2.27. The molecular formula is C16H23NO4S. The molecule has 1 fully saturated rings. The number of hydrogen-bond donors (Lipinski definition) is 0. The van der Waals surface area contributed by atoms with Crippen LogP contribution >= 0.6 is 0 Å². The molecule has 0 saturated carbocycles. The van der Waals surface area contributed by atoms with Gasteiger partial charge in [0.1, 0.15) is 13.5 Å². The van der Waals surface area contributed by atoms with Gasteiger partial charge in [-0.15, -0.1) is 6.58 Å². The Morgan fingerprint density at radius 2 is 2.05 bits per heavy atom. The molecule has 1 aliphatic rings. The topological polar surface area (TPSA) is 55.8 Å². The molecule has 122 valence electrons. The lowest BCUT2D eigenvalue weighted by molar-refractivity contribution is -0.0723. The largest absolute Gasteiger partial charge is 0.350 e. The van der Waals surface area contributed by atoms with E-state index in [4.69, 9.17) is 9.47 Å². The van der Waals surface area contributed by atoms with E-state index >= 15 is 0 Å². The van der Waals surface area contributed by atoms with Crippen molar-refractivity contribution in [3.63, 3.8) is 0 Å². The Morgan fingerprint density at radius 3 is 2.68 bits per heavy atom. The molecule has 0 amide bonds. The molecule has 0 bridgehead atoms. The highest BCUT2D eigenvalue weighted by Gasteiger charge is 2.35. The molecule has 1 aliphatic heterocycles. The summed E-state index contributed by atoms with van der Waals surface area (Å²) in [4.78, 5) is 0.276. The summed E-state index contributed by atoms with van der Waals surface area (Å²) in [7, 11) is -3.61. The van der Waals surface area contributed by atoms with Crippen LogP contribution in [0, 0.1) is 6.92 Å². The van der Waals surface area contributed by atoms with Crippen LogP contribution in [0.4, 0.5) is 0 Å². The lowest BCUT2D eigenvalue weighted by Crippen LogP contribution is -2.44. The predicted octanol–water partition coefficient (Wildman–Crippen LogP) is 2.67. The van der Waals surface area contributed by atoms with Gasteiger partial charge in [-0.2, -0.15) is 4.31 Å². The molecule has 1 aromatic rings. The fraction of sp³-hybridized carbons (Fsp3) is 0.500. The molecule has 2 atom stereocenters. The van der Waals surface area contributed by atoms with E-state index in [-0.39, 0.29) is 30.6 Å². The quantitative estimate of drug-likeness (QED) is 0.781. The molecule has 0 unspecified atom stereocenters. The molecule has 1 saturated heterocycles. The number of allylic oxidation sites excluding steroid dienone is 1. The van der Waals surface area contributed by atoms with Crippen molar-refractivity contribution in [3.8, 4) is 0 Å². The lowest BCUT2D eigenvalue weighted by atomic mass is 10.1. The first kappa shape index (κ1) is 17.1. The van der Waals surface area contributed by atoms with Crippen molar-refractivity contribution in [1.29, 1.82) is 0 Å². The third kappa shape index (κ3) is 3.76. The molecule has 0 aliphatic carbocycles. The number of sulfonamides is 1. The molecule has 1 aromatic carbocycles. The molecule has 6 heteroatoms. The number of nitrogens with zero attached hydrogens (tertiary/aromatic N) is 1. The van der Waals surface area contributed by atoms with Gasteiger partial charge in [-0.3, -0.25) is 0 Å². The summed E-state index contributed by atoms with van der Waals surface area (Å²) in [5.41, 5.74) is 1.02. The van der Waals surface area contributed by atoms with Gasteiger partial charge in [-0.1, -0.05) is 23.8 Å². The zero-order valence-corrected chi connectivity index (χ0v) is 13.9. The van der Waals surface area contributed by atoms with Crippen LogP contribution in [0.15, 0.2) is 41.8 Å². The molecule has 0 spiro atoms. The second-order valence-electron chi connectivity index (χ2n) is 5.47. The van der Waals surface area contributed by atoms with Crippen molar-refractivity contribution in [2.24, 2.45) is 0 Å². The maximum absolute atomic E-state index is 12.9. The van der Waals surface area contributed by atoms with Crippen LogP contribution in [0.2, 0.25) is 0 Å². The van der Waals surface area contributed by atoms with Crippen molar-refractivity contribution >= 4 is 10.0 Å². The van der Waals surface area contributed by atoms with E-state index in [1.807, 2.05) is 13.8 Å². The fourth-order valence-corrected chi connectivity index (χ4v) is 3.98. The molecule has 5 nitrogen and oxygen atoms in total. The van der Waals surface area contributed by atoms with Crippen LogP contribution in [0.5, 0.6) is 0 Å². The summed E-state index contributed by atoms with van der Waals surface area (Å²) in [6.45, 7) is 7.58. The van der Waals surface area contributed by atoms with Gasteiger partial charge in [0.2, 0.25) is 10.0 Å². The van der Waals surface area contributed by atoms with Gasteiger partial charge >= 0.3 is 0 Å². The molecule has 0 N–H and O–H groups in total. The van der Waals surface area contributed by atoms with Gasteiger partial charge in [0.25, 0.3) is 0 Å². The minimum absolute atomic E-state index is 0.00195. The van der Waals surface area contributed by atoms with Crippen LogP contribution in [0.25, 0.3) is 0 Å². The smallest absolute Gasteiger partial charge is 0.245 e. The Labute approximate surface area is 132 Å². The van der Waals surface area contributed by atoms with Crippen LogP contribution in [0.1, 0.15) is 25.3 Å². The van der Waals surface area contributed by atoms with Crippen molar-refractivity contribution in [2.45, 2.75) is 43.7 Å². The first-order chi connectivity index (χ1) is 10.5. The molecule has 1 heterocycles. The number of hydrogen-bond acceptors (Lipinski definition) is 4. The maximum Gasteiger partial charge on any atom is 0.245 e. The van der Waals surface area contributed by atoms with Crippen LogP contribution in [0.3, 0.4) is 0 Å². The number of rotatable bonds is 5. The van der Waals surface area contributed by atoms with Crippen LogP contribution in [-0.4, -0.2) is 38.4 Å². The standard InChI is InChI=1S/C16H23NO4S/c1-4-5-6-16-14(3)17(11-20-12-21-16)22(18,19)15-9-7-13(2)8-10-15/h4,7-10,14,16H,1,5-6,11-12H2,2-3H3/t14-,16-/m0/s1. The van der Waals surface area contributed by atoms with E-state index < -0.39 is 10.0 Å². The zero-order chi connectivity index (χ0) is 16.2. The summed E-state index contributed by atoms with van der Waals surface area (Å²) < 4.78 is 38.0. The van der Waals surface area contributed by atoms with Crippen molar-refractivity contribution in [3.05, 3.63) is 42.5 Å². The van der Waals surface area contributed by atoms with E-state index in [2.05, 4.69) is 6.58 Å². The molecule has 22 heavy (non-hydrogen) atoms. The summed E-state index contributed by atoms with van der Waals surface area (Å²) in [5, 5.41) is 0. The summed E-state index contributed by atoms with van der Waals surface area (Å²) in [6, 6.07) is 6.54. The number of benzene rings is 1. The van der Waals surface area contributed by atoms with E-state index in [0.29, 0.717) is 6.42 Å². The monoisotopic (exact) mass is 325 g/mol. The average molecular weight is 325 g/mol. The minimum Gasteiger partial charge on any atom is -0.350 e. The SMILES string of the molecule is C=CCC[C@@H]1OCOCN(S(=O)(=O)c2ccc(C)cc2)[C@H]1C. The highest BCUT2D eigenvalue weighted by atomic mass is 32.2. The number of aryl methyl sites for hydroxylation is 1. The summed E-state index contributed by atoms with van der Waals surface area (Å²) in [6.07, 6.45) is 3.09. The second kappa shape index (κ2) is 7.37. The minimum atomic E-state index is -3.61. The zero-order valence-electron chi connectivity index (χ0n) is 13.1. The Hall–Kier alpha value is -1.21. The first-order valence-electron chi connectivity index (χ1n) is 7.35. The van der Waals surface area contributed by atoms with E-state index in [0.717, 1.165) is 12.0 Å². The molecule has 0 aromatic heterocycles. The van der Waals surface area contributed by atoms with Gasteiger partial charge < -0.3 is 9.47 Å². The molecule has 0 radical (unpaired) electrons. The number of ether oxygens (including phenoxy) is 2.